The van der Waals surface area contributed by atoms with E-state index >= 15 is 0 Å². The molecule has 4 nitrogen and oxygen atoms in total. The molecule has 0 radical (unpaired) electrons. The summed E-state index contributed by atoms with van der Waals surface area (Å²) >= 11 is 0. The van der Waals surface area contributed by atoms with E-state index < -0.39 is 0 Å². The molecule has 4 heteroatoms. The molecule has 0 saturated carbocycles. The molecule has 1 saturated heterocycles. The maximum absolute atomic E-state index is 11.6. The van der Waals surface area contributed by atoms with Gasteiger partial charge >= 0.3 is 6.09 Å². The number of unbranched alkanes of at least 4 members (excludes halogenated alkanes) is 1. The molecule has 1 heterocycles. The summed E-state index contributed by atoms with van der Waals surface area (Å²) in [6.45, 7) is 2.15. The molecule has 22 heavy (non-hydrogen) atoms. The lowest BCUT2D eigenvalue weighted by Gasteiger charge is -2.17. The summed E-state index contributed by atoms with van der Waals surface area (Å²) in [6.07, 6.45) is 2.60. The highest BCUT2D eigenvalue weighted by atomic mass is 16.6. The van der Waals surface area contributed by atoms with Crippen molar-refractivity contribution in [2.75, 3.05) is 7.11 Å². The first-order valence-corrected chi connectivity index (χ1v) is 7.76. The molecule has 2 aromatic rings. The van der Waals surface area contributed by atoms with Gasteiger partial charge in [0, 0.05) is 0 Å². The van der Waals surface area contributed by atoms with E-state index in [9.17, 15) is 4.79 Å². The number of hydrogen-bond acceptors (Lipinski definition) is 3. The number of carbonyl (C=O) groups is 1. The topological polar surface area (TPSA) is 47.6 Å². The van der Waals surface area contributed by atoms with Crippen molar-refractivity contribution < 1.29 is 14.3 Å². The van der Waals surface area contributed by atoms with Crippen LogP contribution in [-0.2, 0) is 4.74 Å². The molecule has 2 atom stereocenters. The third-order valence-electron chi connectivity index (χ3n) is 4.17. The van der Waals surface area contributed by atoms with Crippen molar-refractivity contribution in [2.24, 2.45) is 0 Å². The molecule has 0 aromatic heterocycles. The van der Waals surface area contributed by atoms with Gasteiger partial charge in [0.05, 0.1) is 13.2 Å². The lowest BCUT2D eigenvalue weighted by molar-refractivity contribution is 0.131. The molecule has 116 valence electrons. The summed E-state index contributed by atoms with van der Waals surface area (Å²) in [5.74, 6) is 0.843. The third kappa shape index (κ3) is 2.86. The second-order valence-electron chi connectivity index (χ2n) is 5.69. The molecule has 3 rings (SSSR count). The predicted molar refractivity (Wildman–Crippen MR) is 86.2 cm³/mol. The fourth-order valence-electron chi connectivity index (χ4n) is 2.95. The zero-order valence-corrected chi connectivity index (χ0v) is 13.0. The smallest absolute Gasteiger partial charge is 0.408 e. The number of carbonyl (C=O) groups excluding carboxylic acids is 1. The molecule has 1 amide bonds. The van der Waals surface area contributed by atoms with Crippen molar-refractivity contribution in [3.63, 3.8) is 0 Å². The van der Waals surface area contributed by atoms with E-state index in [2.05, 4.69) is 24.4 Å². The lowest BCUT2D eigenvalue weighted by atomic mass is 9.96. The summed E-state index contributed by atoms with van der Waals surface area (Å²) in [5.41, 5.74) is 1.04. The van der Waals surface area contributed by atoms with Crippen molar-refractivity contribution >= 4 is 16.9 Å². The molecule has 0 spiro atoms. The first kappa shape index (κ1) is 14.7. The van der Waals surface area contributed by atoms with Crippen LogP contribution < -0.4 is 10.1 Å². The molecule has 0 aliphatic carbocycles. The van der Waals surface area contributed by atoms with Gasteiger partial charge in [-0.2, -0.15) is 0 Å². The van der Waals surface area contributed by atoms with E-state index in [0.717, 1.165) is 41.3 Å². The van der Waals surface area contributed by atoms with Gasteiger partial charge in [-0.3, -0.25) is 0 Å². The van der Waals surface area contributed by atoms with E-state index in [1.807, 2.05) is 24.3 Å². The van der Waals surface area contributed by atoms with E-state index in [0.29, 0.717) is 0 Å². The van der Waals surface area contributed by atoms with Crippen LogP contribution in [0, 0.1) is 0 Å². The van der Waals surface area contributed by atoms with Crippen LogP contribution in [0.3, 0.4) is 0 Å². The van der Waals surface area contributed by atoms with E-state index in [1.54, 1.807) is 7.11 Å². The number of ether oxygens (including phenoxy) is 2. The Morgan fingerprint density at radius 2 is 1.95 bits per heavy atom. The van der Waals surface area contributed by atoms with Gasteiger partial charge in [0.2, 0.25) is 0 Å². The fraction of sp³-hybridized carbons (Fsp3) is 0.389. The van der Waals surface area contributed by atoms with Crippen LogP contribution in [0.1, 0.15) is 37.9 Å². The van der Waals surface area contributed by atoms with E-state index in [1.165, 1.54) is 0 Å². The standard InChI is InChI=1S/C18H21NO3/c1-3-4-5-16-17(22-18(20)19-16)14-7-6-13-11-15(21-2)9-8-12(13)10-14/h6-11,16-17H,3-5H2,1-2H3,(H,19,20). The summed E-state index contributed by atoms with van der Waals surface area (Å²) in [7, 11) is 1.66. The van der Waals surface area contributed by atoms with E-state index in [-0.39, 0.29) is 18.2 Å². The second-order valence-corrected chi connectivity index (χ2v) is 5.69. The number of hydrogen-bond donors (Lipinski definition) is 1. The average molecular weight is 299 g/mol. The van der Waals surface area contributed by atoms with Gasteiger partial charge in [-0.05, 0) is 41.0 Å². The number of nitrogens with one attached hydrogen (secondary N) is 1. The van der Waals surface area contributed by atoms with Crippen LogP contribution in [0.15, 0.2) is 36.4 Å². The van der Waals surface area contributed by atoms with Gasteiger partial charge in [0.25, 0.3) is 0 Å². The minimum Gasteiger partial charge on any atom is -0.497 e. The van der Waals surface area contributed by atoms with Crippen LogP contribution in [-0.4, -0.2) is 19.2 Å². The fourth-order valence-corrected chi connectivity index (χ4v) is 2.95. The maximum atomic E-state index is 11.6. The molecule has 1 aliphatic rings. The Bertz CT molecular complexity index is 683. The number of methoxy groups -OCH3 is 1. The molecule has 2 aromatic carbocycles. The van der Waals surface area contributed by atoms with Crippen LogP contribution in [0.4, 0.5) is 4.79 Å². The Kier molecular flexibility index (Phi) is 4.18. The Balaban J connectivity index is 1.89. The minimum absolute atomic E-state index is 0.0585. The first-order chi connectivity index (χ1) is 10.7. The average Bonchev–Trinajstić information content (AvgIpc) is 2.92. The number of cyclic esters (lactones) is 1. The number of alkyl carbamates (subject to hydrolysis) is 1. The largest absolute Gasteiger partial charge is 0.497 e. The third-order valence-corrected chi connectivity index (χ3v) is 4.17. The van der Waals surface area contributed by atoms with Gasteiger partial charge < -0.3 is 14.8 Å². The van der Waals surface area contributed by atoms with Crippen LogP contribution in [0.5, 0.6) is 5.75 Å². The monoisotopic (exact) mass is 299 g/mol. The maximum Gasteiger partial charge on any atom is 0.408 e. The lowest BCUT2D eigenvalue weighted by Crippen LogP contribution is -2.27. The summed E-state index contributed by atoms with van der Waals surface area (Å²) < 4.78 is 10.7. The number of rotatable bonds is 5. The first-order valence-electron chi connectivity index (χ1n) is 7.76. The molecule has 2 unspecified atom stereocenters. The predicted octanol–water partition coefficient (Wildman–Crippen LogP) is 4.19. The minimum atomic E-state index is -0.319. The zero-order chi connectivity index (χ0) is 15.5. The van der Waals surface area contributed by atoms with Crippen LogP contribution in [0.2, 0.25) is 0 Å². The zero-order valence-electron chi connectivity index (χ0n) is 13.0. The normalized spacial score (nSPS) is 20.7. The highest BCUT2D eigenvalue weighted by molar-refractivity contribution is 5.85. The van der Waals surface area contributed by atoms with Crippen molar-refractivity contribution in [3.8, 4) is 5.75 Å². The van der Waals surface area contributed by atoms with Crippen molar-refractivity contribution in [2.45, 2.75) is 38.3 Å². The Morgan fingerprint density at radius 3 is 2.73 bits per heavy atom. The summed E-state index contributed by atoms with van der Waals surface area (Å²) in [6, 6.07) is 12.2. The number of amides is 1. The van der Waals surface area contributed by atoms with Crippen LogP contribution in [0.25, 0.3) is 10.8 Å². The van der Waals surface area contributed by atoms with Crippen LogP contribution >= 0.6 is 0 Å². The number of benzene rings is 2. The van der Waals surface area contributed by atoms with Crippen molar-refractivity contribution in [1.29, 1.82) is 0 Å². The van der Waals surface area contributed by atoms with Gasteiger partial charge in [0.1, 0.15) is 11.9 Å². The van der Waals surface area contributed by atoms with Crippen molar-refractivity contribution in [1.82, 2.24) is 5.32 Å². The van der Waals surface area contributed by atoms with Gasteiger partial charge in [-0.15, -0.1) is 0 Å². The number of fused-ring (bicyclic) bond motifs is 1. The molecular formula is C18H21NO3. The van der Waals surface area contributed by atoms with E-state index in [4.69, 9.17) is 9.47 Å². The van der Waals surface area contributed by atoms with Crippen molar-refractivity contribution in [3.05, 3.63) is 42.0 Å². The van der Waals surface area contributed by atoms with Gasteiger partial charge in [-0.1, -0.05) is 38.0 Å². The SMILES string of the molecule is CCCCC1NC(=O)OC1c1ccc2cc(OC)ccc2c1. The molecule has 1 N–H and O–H groups in total. The highest BCUT2D eigenvalue weighted by Crippen LogP contribution is 2.32. The van der Waals surface area contributed by atoms with Gasteiger partial charge in [-0.25, -0.2) is 4.79 Å². The molecule has 1 fully saturated rings. The molecule has 0 bridgehead atoms. The molecule has 1 aliphatic heterocycles. The summed E-state index contributed by atoms with van der Waals surface area (Å²) in [4.78, 5) is 11.6. The second kappa shape index (κ2) is 6.26. The Labute approximate surface area is 130 Å². The molecular weight excluding hydrogens is 278 g/mol. The highest BCUT2D eigenvalue weighted by Gasteiger charge is 2.34. The Hall–Kier alpha value is -2.23. The summed E-state index contributed by atoms with van der Waals surface area (Å²) in [5, 5.41) is 5.16. The quantitative estimate of drug-likeness (QED) is 0.900. The Morgan fingerprint density at radius 1 is 1.18 bits per heavy atom. The van der Waals surface area contributed by atoms with Gasteiger partial charge in [0.15, 0.2) is 0 Å².